The van der Waals surface area contributed by atoms with Crippen LogP contribution in [0.1, 0.15) is 32.3 Å². The van der Waals surface area contributed by atoms with Crippen molar-refractivity contribution < 1.29 is 4.74 Å². The van der Waals surface area contributed by atoms with E-state index in [9.17, 15) is 0 Å². The van der Waals surface area contributed by atoms with Crippen LogP contribution in [-0.4, -0.2) is 37.2 Å². The zero-order valence-corrected chi connectivity index (χ0v) is 12.4. The molecule has 1 aliphatic heterocycles. The highest BCUT2D eigenvalue weighted by Gasteiger charge is 2.27. The number of hydrogen-bond donors (Lipinski definition) is 1. The molecule has 3 heteroatoms. The van der Waals surface area contributed by atoms with Gasteiger partial charge in [0.15, 0.2) is 0 Å². The van der Waals surface area contributed by atoms with Crippen LogP contribution in [0.2, 0.25) is 0 Å². The summed E-state index contributed by atoms with van der Waals surface area (Å²) >= 11 is 0. The van der Waals surface area contributed by atoms with Gasteiger partial charge in [0.1, 0.15) is 5.75 Å². The lowest BCUT2D eigenvalue weighted by atomic mass is 9.98. The second kappa shape index (κ2) is 6.40. The van der Waals surface area contributed by atoms with E-state index < -0.39 is 0 Å². The Bertz CT molecular complexity index is 407. The highest BCUT2D eigenvalue weighted by atomic mass is 16.5. The summed E-state index contributed by atoms with van der Waals surface area (Å²) in [5.41, 5.74) is 1.52. The Labute approximate surface area is 116 Å². The quantitative estimate of drug-likeness (QED) is 0.903. The van der Waals surface area contributed by atoms with E-state index in [2.05, 4.69) is 36.2 Å². The van der Waals surface area contributed by atoms with Crippen LogP contribution in [0.15, 0.2) is 24.3 Å². The fraction of sp³-hybridized carbons (Fsp3) is 0.625. The van der Waals surface area contributed by atoms with E-state index in [1.165, 1.54) is 12.0 Å². The number of methoxy groups -OCH3 is 1. The number of nitrogens with zero attached hydrogens (tertiary/aromatic N) is 1. The van der Waals surface area contributed by atoms with Gasteiger partial charge < -0.3 is 10.1 Å². The Morgan fingerprint density at radius 3 is 2.89 bits per heavy atom. The van der Waals surface area contributed by atoms with E-state index in [0.717, 1.165) is 38.3 Å². The first-order valence-corrected chi connectivity index (χ1v) is 7.26. The number of ether oxygens (including phenoxy) is 1. The van der Waals surface area contributed by atoms with E-state index in [0.29, 0.717) is 0 Å². The van der Waals surface area contributed by atoms with Gasteiger partial charge in [0.05, 0.1) is 7.11 Å². The molecule has 1 atom stereocenters. The third-order valence-electron chi connectivity index (χ3n) is 4.14. The number of nitrogens with one attached hydrogen (secondary N) is 1. The van der Waals surface area contributed by atoms with Gasteiger partial charge in [-0.3, -0.25) is 4.90 Å². The van der Waals surface area contributed by atoms with E-state index >= 15 is 0 Å². The lowest BCUT2D eigenvalue weighted by molar-refractivity contribution is 0.206. The molecule has 0 amide bonds. The summed E-state index contributed by atoms with van der Waals surface area (Å²) in [4.78, 5) is 2.54. The number of para-hydroxylation sites is 1. The fourth-order valence-corrected chi connectivity index (χ4v) is 2.77. The van der Waals surface area contributed by atoms with Crippen LogP contribution in [0.4, 0.5) is 0 Å². The summed E-state index contributed by atoms with van der Waals surface area (Å²) in [6.45, 7) is 8.93. The van der Waals surface area contributed by atoms with Gasteiger partial charge in [-0.2, -0.15) is 0 Å². The van der Waals surface area contributed by atoms with Crippen molar-refractivity contribution in [3.8, 4) is 5.75 Å². The largest absolute Gasteiger partial charge is 0.496 e. The standard InChI is InChI=1S/C16H26N2O/c1-4-16(2)13-18(11-7-10-17-16)12-14-8-5-6-9-15(14)19-3/h5-6,8-9,17H,4,7,10-13H2,1-3H3. The van der Waals surface area contributed by atoms with E-state index in [1.807, 2.05) is 12.1 Å². The second-order valence-electron chi connectivity index (χ2n) is 5.72. The summed E-state index contributed by atoms with van der Waals surface area (Å²) < 4.78 is 5.45. The molecular formula is C16H26N2O. The van der Waals surface area contributed by atoms with Gasteiger partial charge in [0, 0.05) is 24.2 Å². The van der Waals surface area contributed by atoms with Crippen LogP contribution in [0, 0.1) is 0 Å². The molecule has 1 heterocycles. The van der Waals surface area contributed by atoms with Gasteiger partial charge in [0.2, 0.25) is 0 Å². The predicted octanol–water partition coefficient (Wildman–Crippen LogP) is 2.66. The highest BCUT2D eigenvalue weighted by Crippen LogP contribution is 2.22. The van der Waals surface area contributed by atoms with Crippen molar-refractivity contribution in [3.63, 3.8) is 0 Å². The van der Waals surface area contributed by atoms with Crippen LogP contribution in [0.5, 0.6) is 5.75 Å². The predicted molar refractivity (Wildman–Crippen MR) is 79.6 cm³/mol. The third kappa shape index (κ3) is 3.71. The second-order valence-corrected chi connectivity index (χ2v) is 5.72. The zero-order valence-electron chi connectivity index (χ0n) is 12.4. The van der Waals surface area contributed by atoms with Crippen molar-refractivity contribution in [2.24, 2.45) is 0 Å². The summed E-state index contributed by atoms with van der Waals surface area (Å²) in [6.07, 6.45) is 2.38. The van der Waals surface area contributed by atoms with Crippen molar-refractivity contribution >= 4 is 0 Å². The topological polar surface area (TPSA) is 24.5 Å². The molecule has 1 unspecified atom stereocenters. The van der Waals surface area contributed by atoms with E-state index in [1.54, 1.807) is 7.11 Å². The van der Waals surface area contributed by atoms with Crippen LogP contribution in [0.25, 0.3) is 0 Å². The highest BCUT2D eigenvalue weighted by molar-refractivity contribution is 5.33. The molecule has 19 heavy (non-hydrogen) atoms. The SMILES string of the molecule is CCC1(C)CN(Cc2ccccc2OC)CCCN1. The first-order valence-electron chi connectivity index (χ1n) is 7.26. The zero-order chi connectivity index (χ0) is 13.7. The number of rotatable bonds is 4. The first kappa shape index (κ1) is 14.4. The lowest BCUT2D eigenvalue weighted by Gasteiger charge is -2.33. The molecule has 0 aromatic heterocycles. The smallest absolute Gasteiger partial charge is 0.123 e. The van der Waals surface area contributed by atoms with Crippen molar-refractivity contribution in [3.05, 3.63) is 29.8 Å². The molecule has 0 saturated carbocycles. The molecule has 106 valence electrons. The summed E-state index contributed by atoms with van der Waals surface area (Å²) in [7, 11) is 1.75. The van der Waals surface area contributed by atoms with Gasteiger partial charge in [0.25, 0.3) is 0 Å². The maximum atomic E-state index is 5.45. The molecule has 1 aliphatic rings. The molecule has 1 fully saturated rings. The molecule has 1 aromatic carbocycles. The molecule has 2 rings (SSSR count). The number of benzene rings is 1. The Hall–Kier alpha value is -1.06. The normalized spacial score (nSPS) is 25.0. The molecule has 1 aromatic rings. The maximum absolute atomic E-state index is 5.45. The van der Waals surface area contributed by atoms with Crippen LogP contribution >= 0.6 is 0 Å². The molecule has 1 saturated heterocycles. The molecule has 3 nitrogen and oxygen atoms in total. The van der Waals surface area contributed by atoms with Crippen molar-refractivity contribution in [1.82, 2.24) is 10.2 Å². The lowest BCUT2D eigenvalue weighted by Crippen LogP contribution is -2.48. The summed E-state index contributed by atoms with van der Waals surface area (Å²) in [5, 5.41) is 3.68. The fourth-order valence-electron chi connectivity index (χ4n) is 2.77. The Balaban J connectivity index is 2.08. The molecule has 1 N–H and O–H groups in total. The van der Waals surface area contributed by atoms with Gasteiger partial charge in [-0.25, -0.2) is 0 Å². The monoisotopic (exact) mass is 262 g/mol. The van der Waals surface area contributed by atoms with Crippen LogP contribution < -0.4 is 10.1 Å². The minimum atomic E-state index is 0.235. The average molecular weight is 262 g/mol. The van der Waals surface area contributed by atoms with Crippen molar-refractivity contribution in [2.45, 2.75) is 38.8 Å². The van der Waals surface area contributed by atoms with Gasteiger partial charge in [-0.1, -0.05) is 25.1 Å². The Morgan fingerprint density at radius 1 is 1.37 bits per heavy atom. The minimum Gasteiger partial charge on any atom is -0.496 e. The Morgan fingerprint density at radius 2 is 2.16 bits per heavy atom. The minimum absolute atomic E-state index is 0.235. The van der Waals surface area contributed by atoms with Crippen molar-refractivity contribution in [2.75, 3.05) is 26.7 Å². The average Bonchev–Trinajstić information content (AvgIpc) is 2.62. The molecule has 0 bridgehead atoms. The molecule has 0 spiro atoms. The van der Waals surface area contributed by atoms with E-state index in [4.69, 9.17) is 4.74 Å². The van der Waals surface area contributed by atoms with Gasteiger partial charge in [-0.05, 0) is 38.9 Å². The molecule has 0 aliphatic carbocycles. The van der Waals surface area contributed by atoms with Crippen molar-refractivity contribution in [1.29, 1.82) is 0 Å². The maximum Gasteiger partial charge on any atom is 0.123 e. The summed E-state index contributed by atoms with van der Waals surface area (Å²) in [5.74, 6) is 0.998. The van der Waals surface area contributed by atoms with Crippen LogP contribution in [-0.2, 0) is 6.54 Å². The third-order valence-corrected chi connectivity index (χ3v) is 4.14. The molecule has 0 radical (unpaired) electrons. The number of hydrogen-bond acceptors (Lipinski definition) is 3. The van der Waals surface area contributed by atoms with Gasteiger partial charge in [-0.15, -0.1) is 0 Å². The van der Waals surface area contributed by atoms with Crippen LogP contribution in [0.3, 0.4) is 0 Å². The summed E-state index contributed by atoms with van der Waals surface area (Å²) in [6, 6.07) is 8.33. The first-order chi connectivity index (χ1) is 9.17. The van der Waals surface area contributed by atoms with Gasteiger partial charge >= 0.3 is 0 Å². The Kier molecular flexibility index (Phi) is 4.83. The van der Waals surface area contributed by atoms with E-state index in [-0.39, 0.29) is 5.54 Å². The molecular weight excluding hydrogens is 236 g/mol.